The van der Waals surface area contributed by atoms with Gasteiger partial charge in [-0.15, -0.1) is 0 Å². The lowest BCUT2D eigenvalue weighted by atomic mass is 10.0. The number of rotatable bonds is 2. The summed E-state index contributed by atoms with van der Waals surface area (Å²) in [5, 5.41) is 0.480. The van der Waals surface area contributed by atoms with E-state index in [4.69, 9.17) is 0 Å². The van der Waals surface area contributed by atoms with Crippen molar-refractivity contribution >= 4 is 17.7 Å². The molecule has 1 amide bonds. The zero-order valence-electron chi connectivity index (χ0n) is 12.7. The lowest BCUT2D eigenvalue weighted by Crippen LogP contribution is -2.33. The van der Waals surface area contributed by atoms with Crippen LogP contribution in [0.15, 0.2) is 48.8 Å². The molecular formula is C18H20N2OS. The van der Waals surface area contributed by atoms with Crippen LogP contribution in [-0.4, -0.2) is 34.6 Å². The number of amides is 1. The molecule has 1 atom stereocenters. The van der Waals surface area contributed by atoms with E-state index in [1.54, 1.807) is 12.4 Å². The molecule has 4 heteroatoms. The molecule has 0 aliphatic carbocycles. The number of aromatic nitrogens is 1. The highest BCUT2D eigenvalue weighted by Gasteiger charge is 2.23. The van der Waals surface area contributed by atoms with E-state index in [-0.39, 0.29) is 5.91 Å². The fourth-order valence-corrected chi connectivity index (χ4v) is 4.17. The molecular weight excluding hydrogens is 292 g/mol. The Balaban J connectivity index is 1.70. The van der Waals surface area contributed by atoms with E-state index in [2.05, 4.69) is 36.2 Å². The van der Waals surface area contributed by atoms with E-state index in [0.717, 1.165) is 25.3 Å². The van der Waals surface area contributed by atoms with E-state index >= 15 is 0 Å². The standard InChI is InChI=1S/C18H20N2OS/c1-14-5-2-3-7-16(14)17-8-10-20(11-12-22-17)18(21)15-6-4-9-19-13-15/h2-7,9,13,17H,8,10-12H2,1H3. The van der Waals surface area contributed by atoms with Crippen LogP contribution in [0, 0.1) is 6.92 Å². The molecule has 1 saturated heterocycles. The summed E-state index contributed by atoms with van der Waals surface area (Å²) in [7, 11) is 0. The van der Waals surface area contributed by atoms with Crippen molar-refractivity contribution in [2.24, 2.45) is 0 Å². The van der Waals surface area contributed by atoms with Crippen molar-refractivity contribution in [1.29, 1.82) is 0 Å². The first-order valence-corrected chi connectivity index (χ1v) is 8.67. The molecule has 3 rings (SSSR count). The van der Waals surface area contributed by atoms with Crippen molar-refractivity contribution in [3.05, 3.63) is 65.5 Å². The quantitative estimate of drug-likeness (QED) is 0.847. The third kappa shape index (κ3) is 3.33. The van der Waals surface area contributed by atoms with Crippen molar-refractivity contribution in [3.63, 3.8) is 0 Å². The maximum absolute atomic E-state index is 12.5. The van der Waals surface area contributed by atoms with E-state index in [9.17, 15) is 4.79 Å². The summed E-state index contributed by atoms with van der Waals surface area (Å²) < 4.78 is 0. The van der Waals surface area contributed by atoms with Gasteiger partial charge in [0.2, 0.25) is 0 Å². The lowest BCUT2D eigenvalue weighted by Gasteiger charge is -2.20. The molecule has 2 aromatic rings. The molecule has 1 aliphatic rings. The van der Waals surface area contributed by atoms with Gasteiger partial charge < -0.3 is 4.90 Å². The molecule has 1 fully saturated rings. The molecule has 0 radical (unpaired) electrons. The Kier molecular flexibility index (Phi) is 4.78. The van der Waals surface area contributed by atoms with E-state index < -0.39 is 0 Å². The highest BCUT2D eigenvalue weighted by molar-refractivity contribution is 7.99. The number of thioether (sulfide) groups is 1. The van der Waals surface area contributed by atoms with Gasteiger partial charge in [0.15, 0.2) is 0 Å². The maximum Gasteiger partial charge on any atom is 0.255 e. The molecule has 22 heavy (non-hydrogen) atoms. The summed E-state index contributed by atoms with van der Waals surface area (Å²) in [6, 6.07) is 12.2. The van der Waals surface area contributed by atoms with Gasteiger partial charge in [-0.1, -0.05) is 24.3 Å². The van der Waals surface area contributed by atoms with Crippen molar-refractivity contribution in [2.75, 3.05) is 18.8 Å². The number of carbonyl (C=O) groups excluding carboxylic acids is 1. The Labute approximate surface area is 135 Å². The predicted octanol–water partition coefficient (Wildman–Crippen LogP) is 3.71. The largest absolute Gasteiger partial charge is 0.338 e. The first kappa shape index (κ1) is 15.1. The third-order valence-corrected chi connectivity index (χ3v) is 5.38. The van der Waals surface area contributed by atoms with Crippen molar-refractivity contribution in [3.8, 4) is 0 Å². The number of carbonyl (C=O) groups is 1. The second kappa shape index (κ2) is 6.97. The second-order valence-electron chi connectivity index (χ2n) is 5.54. The highest BCUT2D eigenvalue weighted by Crippen LogP contribution is 2.36. The summed E-state index contributed by atoms with van der Waals surface area (Å²) in [6.45, 7) is 3.78. The Morgan fingerprint density at radius 2 is 2.09 bits per heavy atom. The van der Waals surface area contributed by atoms with Gasteiger partial charge in [0.05, 0.1) is 5.56 Å². The van der Waals surface area contributed by atoms with Gasteiger partial charge in [-0.05, 0) is 36.6 Å². The minimum absolute atomic E-state index is 0.0964. The Hall–Kier alpha value is -1.81. The normalized spacial score (nSPS) is 18.8. The smallest absolute Gasteiger partial charge is 0.255 e. The SMILES string of the molecule is Cc1ccccc1C1CCN(C(=O)c2cccnc2)CCS1. The zero-order chi connectivity index (χ0) is 15.4. The van der Waals surface area contributed by atoms with Crippen LogP contribution in [-0.2, 0) is 0 Å². The fourth-order valence-electron chi connectivity index (χ4n) is 2.84. The number of pyridine rings is 1. The number of benzene rings is 1. The average molecular weight is 312 g/mol. The van der Waals surface area contributed by atoms with Crippen LogP contribution >= 0.6 is 11.8 Å². The molecule has 1 aromatic heterocycles. The topological polar surface area (TPSA) is 33.2 Å². The summed E-state index contributed by atoms with van der Waals surface area (Å²) in [6.07, 6.45) is 4.35. The van der Waals surface area contributed by atoms with Crippen LogP contribution < -0.4 is 0 Å². The van der Waals surface area contributed by atoms with Crippen LogP contribution in [0.25, 0.3) is 0 Å². The van der Waals surface area contributed by atoms with Crippen LogP contribution in [0.4, 0.5) is 0 Å². The molecule has 3 nitrogen and oxygen atoms in total. The van der Waals surface area contributed by atoms with Gasteiger partial charge in [0.1, 0.15) is 0 Å². The molecule has 0 N–H and O–H groups in total. The Bertz CT molecular complexity index is 645. The van der Waals surface area contributed by atoms with Crippen molar-refractivity contribution in [2.45, 2.75) is 18.6 Å². The third-order valence-electron chi connectivity index (χ3n) is 4.07. The monoisotopic (exact) mass is 312 g/mol. The molecule has 0 spiro atoms. The number of nitrogens with zero attached hydrogens (tertiary/aromatic N) is 2. The maximum atomic E-state index is 12.5. The Morgan fingerprint density at radius 1 is 1.23 bits per heavy atom. The first-order chi connectivity index (χ1) is 10.8. The molecule has 114 valence electrons. The van der Waals surface area contributed by atoms with Crippen LogP contribution in [0.3, 0.4) is 0 Å². The highest BCUT2D eigenvalue weighted by atomic mass is 32.2. The minimum atomic E-state index is 0.0964. The second-order valence-corrected chi connectivity index (χ2v) is 6.85. The number of hydrogen-bond acceptors (Lipinski definition) is 3. The van der Waals surface area contributed by atoms with E-state index in [1.807, 2.05) is 28.8 Å². The van der Waals surface area contributed by atoms with E-state index in [0.29, 0.717) is 10.8 Å². The average Bonchev–Trinajstić information content (AvgIpc) is 2.81. The van der Waals surface area contributed by atoms with Crippen molar-refractivity contribution in [1.82, 2.24) is 9.88 Å². The van der Waals surface area contributed by atoms with Gasteiger partial charge in [-0.3, -0.25) is 9.78 Å². The molecule has 0 saturated carbocycles. The molecule has 1 aromatic carbocycles. The summed E-state index contributed by atoms with van der Waals surface area (Å²) in [4.78, 5) is 18.5. The van der Waals surface area contributed by atoms with Crippen LogP contribution in [0.2, 0.25) is 0 Å². The van der Waals surface area contributed by atoms with Crippen LogP contribution in [0.1, 0.15) is 33.2 Å². The number of hydrogen-bond donors (Lipinski definition) is 0. The number of aryl methyl sites for hydroxylation is 1. The van der Waals surface area contributed by atoms with Crippen molar-refractivity contribution < 1.29 is 4.79 Å². The molecule has 2 heterocycles. The first-order valence-electron chi connectivity index (χ1n) is 7.62. The van der Waals surface area contributed by atoms with Gasteiger partial charge >= 0.3 is 0 Å². The Morgan fingerprint density at radius 3 is 2.86 bits per heavy atom. The van der Waals surface area contributed by atoms with Gasteiger partial charge in [-0.25, -0.2) is 0 Å². The lowest BCUT2D eigenvalue weighted by molar-refractivity contribution is 0.0766. The van der Waals surface area contributed by atoms with Gasteiger partial charge in [-0.2, -0.15) is 11.8 Å². The summed E-state index contributed by atoms with van der Waals surface area (Å²) in [5.41, 5.74) is 3.43. The molecule has 1 unspecified atom stereocenters. The van der Waals surface area contributed by atoms with Crippen LogP contribution in [0.5, 0.6) is 0 Å². The predicted molar refractivity (Wildman–Crippen MR) is 91.1 cm³/mol. The van der Waals surface area contributed by atoms with E-state index in [1.165, 1.54) is 11.1 Å². The molecule has 1 aliphatic heterocycles. The minimum Gasteiger partial charge on any atom is -0.338 e. The fraction of sp³-hybridized carbons (Fsp3) is 0.333. The van der Waals surface area contributed by atoms with Gasteiger partial charge in [0.25, 0.3) is 5.91 Å². The zero-order valence-corrected chi connectivity index (χ0v) is 13.6. The summed E-state index contributed by atoms with van der Waals surface area (Å²) >= 11 is 1.96. The molecule has 0 bridgehead atoms. The summed E-state index contributed by atoms with van der Waals surface area (Å²) in [5.74, 6) is 1.07. The van der Waals surface area contributed by atoms with Gasteiger partial charge in [0, 0.05) is 36.5 Å².